The maximum Gasteiger partial charge on any atom is 0.128 e. The first kappa shape index (κ1) is 5.62. The summed E-state index contributed by atoms with van der Waals surface area (Å²) >= 11 is 0. The zero-order chi connectivity index (χ0) is 6.32. The molecule has 3 aliphatic rings. The highest BCUT2D eigenvalue weighted by atomic mass is 19.2. The number of piperazine rings is 3. The van der Waals surface area contributed by atoms with Crippen LogP contribution in [0.1, 0.15) is 0 Å². The quantitative estimate of drug-likeness (QED) is 0.419. The molecule has 3 heteroatoms. The second-order valence-electron chi connectivity index (χ2n) is 3.04. The van der Waals surface area contributed by atoms with Gasteiger partial charge in [-0.25, -0.2) is 0 Å². The molecule has 0 spiro atoms. The third-order valence-corrected chi connectivity index (χ3v) is 2.45. The summed E-state index contributed by atoms with van der Waals surface area (Å²) < 4.78 is 13.1. The van der Waals surface area contributed by atoms with Crippen molar-refractivity contribution in [3.63, 3.8) is 0 Å². The summed E-state index contributed by atoms with van der Waals surface area (Å²) in [7, 11) is 0. The Morgan fingerprint density at radius 2 is 1.44 bits per heavy atom. The number of nitrogens with zero attached hydrogens (tertiary/aromatic N) is 2. The van der Waals surface area contributed by atoms with Crippen molar-refractivity contribution in [3.8, 4) is 0 Å². The van der Waals surface area contributed by atoms with Crippen molar-refractivity contribution in [2.24, 2.45) is 0 Å². The Balaban J connectivity index is 2.11. The lowest BCUT2D eigenvalue weighted by molar-refractivity contribution is -1.07. The second kappa shape index (κ2) is 1.67. The fourth-order valence-electron chi connectivity index (χ4n) is 1.63. The maximum atomic E-state index is 13.3. The van der Waals surface area contributed by atoms with Gasteiger partial charge in [0.25, 0.3) is 0 Å². The van der Waals surface area contributed by atoms with Gasteiger partial charge in [-0.2, -0.15) is 0 Å². The third-order valence-electron chi connectivity index (χ3n) is 2.45. The van der Waals surface area contributed by atoms with Gasteiger partial charge in [-0.1, -0.05) is 0 Å². The Morgan fingerprint density at radius 1 is 1.00 bits per heavy atom. The first-order valence-electron chi connectivity index (χ1n) is 3.57. The molecule has 2 nitrogen and oxygen atoms in total. The Kier molecular flexibility index (Phi) is 1.04. The molecule has 3 fully saturated rings. The zero-order valence-electron chi connectivity index (χ0n) is 5.52. The lowest BCUT2D eigenvalue weighted by Gasteiger charge is -2.41. The summed E-state index contributed by atoms with van der Waals surface area (Å²) in [6.45, 7) is 5.07. The Labute approximate surface area is 54.4 Å². The molecule has 3 heterocycles. The van der Waals surface area contributed by atoms with Gasteiger partial charge in [-0.15, -0.1) is 4.71 Å². The van der Waals surface area contributed by atoms with Crippen molar-refractivity contribution in [2.75, 3.05) is 39.3 Å². The zero-order valence-corrected chi connectivity index (χ0v) is 5.52. The normalized spacial score (nSPS) is 49.7. The SMILES string of the molecule is F[N+]12CCN(CC1)CC2. The summed E-state index contributed by atoms with van der Waals surface area (Å²) in [6, 6.07) is 0. The van der Waals surface area contributed by atoms with Gasteiger partial charge in [0.2, 0.25) is 0 Å². The summed E-state index contributed by atoms with van der Waals surface area (Å²) in [5, 5.41) is 0. The second-order valence-corrected chi connectivity index (χ2v) is 3.04. The number of rotatable bonds is 0. The van der Waals surface area contributed by atoms with E-state index in [4.69, 9.17) is 0 Å². The third kappa shape index (κ3) is 0.843. The van der Waals surface area contributed by atoms with Gasteiger partial charge in [0.1, 0.15) is 19.6 Å². The lowest BCUT2D eigenvalue weighted by Crippen LogP contribution is -2.62. The van der Waals surface area contributed by atoms with Crippen molar-refractivity contribution < 1.29 is 9.19 Å². The lowest BCUT2D eigenvalue weighted by atomic mass is 10.2. The molecule has 52 valence electrons. The van der Waals surface area contributed by atoms with Crippen molar-refractivity contribution >= 4 is 0 Å². The highest BCUT2D eigenvalue weighted by Crippen LogP contribution is 2.19. The molecule has 0 atom stereocenters. The highest BCUT2D eigenvalue weighted by molar-refractivity contribution is 4.67. The average Bonchev–Trinajstić information content (AvgIpc) is 1.90. The Morgan fingerprint density at radius 3 is 1.67 bits per heavy atom. The van der Waals surface area contributed by atoms with Gasteiger partial charge in [0.05, 0.1) is 19.6 Å². The van der Waals surface area contributed by atoms with Gasteiger partial charge in [0.15, 0.2) is 0 Å². The molecular formula is C6H12FN2+. The molecule has 0 aromatic carbocycles. The molecular weight excluding hydrogens is 119 g/mol. The van der Waals surface area contributed by atoms with Crippen LogP contribution in [0.3, 0.4) is 0 Å². The first-order valence-corrected chi connectivity index (χ1v) is 3.57. The average molecular weight is 131 g/mol. The largest absolute Gasteiger partial charge is 0.286 e. The molecule has 0 radical (unpaired) electrons. The van der Waals surface area contributed by atoms with E-state index in [-0.39, 0.29) is 4.71 Å². The van der Waals surface area contributed by atoms with Crippen molar-refractivity contribution in [1.82, 2.24) is 4.90 Å². The van der Waals surface area contributed by atoms with Crippen molar-refractivity contribution in [2.45, 2.75) is 0 Å². The van der Waals surface area contributed by atoms with Crippen LogP contribution in [-0.4, -0.2) is 48.9 Å². The summed E-state index contributed by atoms with van der Waals surface area (Å²) in [4.78, 5) is 2.33. The molecule has 3 saturated heterocycles. The Bertz CT molecular complexity index is 104. The topological polar surface area (TPSA) is 3.24 Å². The molecule has 2 bridgehead atoms. The fraction of sp³-hybridized carbons (Fsp3) is 1.00. The van der Waals surface area contributed by atoms with E-state index in [1.807, 2.05) is 0 Å². The molecule has 0 aromatic heterocycles. The number of hydrogen-bond donors (Lipinski definition) is 0. The van der Waals surface area contributed by atoms with Crippen LogP contribution in [0, 0.1) is 0 Å². The predicted octanol–water partition coefficient (Wildman–Crippen LogP) is 0.0169. The standard InChI is InChI=1S/C6H12FN2/c7-9-4-1-8(2-5-9)3-6-9/h1-6H2/q+1. The molecule has 9 heavy (non-hydrogen) atoms. The van der Waals surface area contributed by atoms with E-state index in [9.17, 15) is 4.48 Å². The minimum atomic E-state index is -0.156. The number of quaternary nitrogens is 1. The van der Waals surface area contributed by atoms with Gasteiger partial charge in [-0.05, 0) is 4.48 Å². The highest BCUT2D eigenvalue weighted by Gasteiger charge is 2.39. The van der Waals surface area contributed by atoms with Crippen LogP contribution in [0.5, 0.6) is 0 Å². The maximum absolute atomic E-state index is 13.3. The number of halogens is 1. The van der Waals surface area contributed by atoms with Crippen LogP contribution in [0.25, 0.3) is 0 Å². The Hall–Kier alpha value is -0.150. The first-order chi connectivity index (χ1) is 4.29. The number of hydrogen-bond acceptors (Lipinski definition) is 1. The van der Waals surface area contributed by atoms with Crippen LogP contribution < -0.4 is 0 Å². The van der Waals surface area contributed by atoms with Crippen LogP contribution in [-0.2, 0) is 0 Å². The molecule has 0 amide bonds. The molecule has 0 saturated carbocycles. The van der Waals surface area contributed by atoms with Crippen LogP contribution in [0.2, 0.25) is 0 Å². The van der Waals surface area contributed by atoms with Crippen molar-refractivity contribution in [3.05, 3.63) is 0 Å². The van der Waals surface area contributed by atoms with Crippen LogP contribution in [0.4, 0.5) is 4.48 Å². The van der Waals surface area contributed by atoms with E-state index < -0.39 is 0 Å². The summed E-state index contributed by atoms with van der Waals surface area (Å²) in [6.07, 6.45) is 0. The number of fused-ring (bicyclic) bond motifs is 3. The molecule has 3 aliphatic heterocycles. The van der Waals surface area contributed by atoms with Crippen LogP contribution >= 0.6 is 0 Å². The molecule has 0 N–H and O–H groups in total. The molecule has 0 aromatic rings. The summed E-state index contributed by atoms with van der Waals surface area (Å²) in [5.74, 6) is 0. The smallest absolute Gasteiger partial charge is 0.128 e. The van der Waals surface area contributed by atoms with Gasteiger partial charge < -0.3 is 0 Å². The van der Waals surface area contributed by atoms with E-state index in [0.717, 1.165) is 39.3 Å². The van der Waals surface area contributed by atoms with Crippen molar-refractivity contribution in [1.29, 1.82) is 0 Å². The van der Waals surface area contributed by atoms with E-state index in [2.05, 4.69) is 4.90 Å². The summed E-state index contributed by atoms with van der Waals surface area (Å²) in [5.41, 5.74) is 0. The predicted molar refractivity (Wildman–Crippen MR) is 32.4 cm³/mol. The van der Waals surface area contributed by atoms with Gasteiger partial charge >= 0.3 is 0 Å². The van der Waals surface area contributed by atoms with Crippen LogP contribution in [0.15, 0.2) is 0 Å². The minimum Gasteiger partial charge on any atom is -0.286 e. The van der Waals surface area contributed by atoms with E-state index >= 15 is 0 Å². The fourth-order valence-corrected chi connectivity index (χ4v) is 1.63. The van der Waals surface area contributed by atoms with E-state index in [1.54, 1.807) is 0 Å². The minimum absolute atomic E-state index is 0.156. The van der Waals surface area contributed by atoms with E-state index in [0.29, 0.717) is 0 Å². The monoisotopic (exact) mass is 131 g/mol. The molecule has 3 rings (SSSR count). The van der Waals surface area contributed by atoms with Gasteiger partial charge in [-0.3, -0.25) is 4.90 Å². The van der Waals surface area contributed by atoms with E-state index in [1.165, 1.54) is 0 Å². The molecule has 0 aliphatic carbocycles. The molecule has 0 unspecified atom stereocenters. The van der Waals surface area contributed by atoms with Gasteiger partial charge in [0, 0.05) is 0 Å².